The lowest BCUT2D eigenvalue weighted by atomic mass is 10.2. The third kappa shape index (κ3) is 4.84. The van der Waals surface area contributed by atoms with Gasteiger partial charge in [0.05, 0.1) is 6.54 Å². The third-order valence-corrected chi connectivity index (χ3v) is 3.79. The van der Waals surface area contributed by atoms with E-state index in [0.29, 0.717) is 23.1 Å². The first-order valence-electron chi connectivity index (χ1n) is 7.90. The molecule has 0 spiro atoms. The van der Waals surface area contributed by atoms with Gasteiger partial charge in [-0.15, -0.1) is 0 Å². The van der Waals surface area contributed by atoms with Crippen LogP contribution in [0.3, 0.4) is 0 Å². The molecule has 3 rings (SSSR count). The molecule has 0 bridgehead atoms. The van der Waals surface area contributed by atoms with E-state index < -0.39 is 6.10 Å². The van der Waals surface area contributed by atoms with Crippen molar-refractivity contribution in [2.24, 2.45) is 0 Å². The summed E-state index contributed by atoms with van der Waals surface area (Å²) in [7, 11) is 0. The summed E-state index contributed by atoms with van der Waals surface area (Å²) in [5.74, 6) is 0.761. The predicted molar refractivity (Wildman–Crippen MR) is 97.9 cm³/mol. The van der Waals surface area contributed by atoms with E-state index in [1.165, 1.54) is 0 Å². The number of anilines is 1. The molecule has 0 radical (unpaired) electrons. The van der Waals surface area contributed by atoms with E-state index in [-0.39, 0.29) is 5.91 Å². The minimum absolute atomic E-state index is 0.273. The molecular weight excluding hydrogens is 338 g/mol. The monoisotopic (exact) mass is 355 g/mol. The van der Waals surface area contributed by atoms with Gasteiger partial charge < -0.3 is 10.1 Å². The largest absolute Gasteiger partial charge is 0.481 e. The van der Waals surface area contributed by atoms with Crippen molar-refractivity contribution in [3.8, 4) is 5.75 Å². The van der Waals surface area contributed by atoms with Crippen LogP contribution in [0, 0.1) is 0 Å². The highest BCUT2D eigenvalue weighted by Crippen LogP contribution is 2.18. The number of rotatable bonds is 6. The first-order valence-corrected chi connectivity index (χ1v) is 8.28. The molecule has 0 aliphatic heterocycles. The van der Waals surface area contributed by atoms with E-state index in [2.05, 4.69) is 10.4 Å². The number of carbonyl (C=O) groups excluding carboxylic acids is 1. The molecule has 1 aromatic heterocycles. The lowest BCUT2D eigenvalue weighted by Gasteiger charge is -2.13. The summed E-state index contributed by atoms with van der Waals surface area (Å²) in [6.07, 6.45) is 1.16. The van der Waals surface area contributed by atoms with E-state index in [1.807, 2.05) is 36.5 Å². The van der Waals surface area contributed by atoms with E-state index in [9.17, 15) is 4.79 Å². The predicted octanol–water partition coefficient (Wildman–Crippen LogP) is 3.99. The van der Waals surface area contributed by atoms with Crippen molar-refractivity contribution >= 4 is 23.3 Å². The number of hydrogen-bond acceptors (Lipinski definition) is 3. The minimum atomic E-state index is -0.669. The second kappa shape index (κ2) is 7.85. The maximum Gasteiger partial charge on any atom is 0.266 e. The number of halogens is 1. The smallest absolute Gasteiger partial charge is 0.266 e. The number of nitrogens with zero attached hydrogens (tertiary/aromatic N) is 2. The molecule has 0 aliphatic rings. The van der Waals surface area contributed by atoms with E-state index in [0.717, 1.165) is 5.56 Å². The molecule has 128 valence electrons. The van der Waals surface area contributed by atoms with Crippen molar-refractivity contribution < 1.29 is 9.53 Å². The number of amides is 1. The second-order valence-electron chi connectivity index (χ2n) is 5.59. The molecule has 6 heteroatoms. The van der Waals surface area contributed by atoms with Crippen molar-refractivity contribution in [2.75, 3.05) is 5.32 Å². The van der Waals surface area contributed by atoms with Gasteiger partial charge in [-0.3, -0.25) is 9.48 Å². The number of hydrogen-bond donors (Lipinski definition) is 1. The highest BCUT2D eigenvalue weighted by atomic mass is 35.5. The van der Waals surface area contributed by atoms with Crippen molar-refractivity contribution in [1.29, 1.82) is 0 Å². The molecule has 1 N–H and O–H groups in total. The van der Waals surface area contributed by atoms with Crippen LogP contribution in [-0.4, -0.2) is 21.8 Å². The van der Waals surface area contributed by atoms with Gasteiger partial charge >= 0.3 is 0 Å². The molecule has 1 amide bonds. The van der Waals surface area contributed by atoms with Gasteiger partial charge in [-0.25, -0.2) is 0 Å². The average Bonchev–Trinajstić information content (AvgIpc) is 3.02. The Kier molecular flexibility index (Phi) is 5.36. The van der Waals surface area contributed by atoms with Crippen molar-refractivity contribution in [3.05, 3.63) is 77.4 Å². The Balaban J connectivity index is 1.57. The number of benzene rings is 2. The third-order valence-electron chi connectivity index (χ3n) is 3.56. The van der Waals surface area contributed by atoms with Gasteiger partial charge in [-0.2, -0.15) is 5.10 Å². The number of nitrogens with one attached hydrogen (secondary N) is 1. The van der Waals surface area contributed by atoms with Crippen LogP contribution in [-0.2, 0) is 11.3 Å². The summed E-state index contributed by atoms with van der Waals surface area (Å²) in [6.45, 7) is 2.32. The lowest BCUT2D eigenvalue weighted by molar-refractivity contribution is -0.122. The van der Waals surface area contributed by atoms with Crippen LogP contribution in [0.2, 0.25) is 5.02 Å². The Bertz CT molecular complexity index is 849. The number of aromatic nitrogens is 2. The van der Waals surface area contributed by atoms with E-state index >= 15 is 0 Å². The normalized spacial score (nSPS) is 11.8. The minimum Gasteiger partial charge on any atom is -0.481 e. The van der Waals surface area contributed by atoms with Gasteiger partial charge in [0, 0.05) is 17.3 Å². The number of ether oxygens (including phenoxy) is 1. The molecule has 0 fully saturated rings. The fourth-order valence-corrected chi connectivity index (χ4v) is 2.49. The van der Waals surface area contributed by atoms with Crippen LogP contribution >= 0.6 is 11.6 Å². The van der Waals surface area contributed by atoms with Gasteiger partial charge in [0.15, 0.2) is 11.9 Å². The first-order chi connectivity index (χ1) is 12.1. The van der Waals surface area contributed by atoms with Crippen LogP contribution < -0.4 is 10.1 Å². The summed E-state index contributed by atoms with van der Waals surface area (Å²) in [6, 6.07) is 18.7. The molecule has 1 atom stereocenters. The zero-order valence-corrected chi connectivity index (χ0v) is 14.5. The lowest BCUT2D eigenvalue weighted by Crippen LogP contribution is -2.30. The second-order valence-corrected chi connectivity index (χ2v) is 6.03. The van der Waals surface area contributed by atoms with Crippen molar-refractivity contribution in [2.45, 2.75) is 19.6 Å². The molecular formula is C19H18ClN3O2. The zero-order chi connectivity index (χ0) is 17.6. The van der Waals surface area contributed by atoms with Crippen LogP contribution in [0.4, 0.5) is 5.82 Å². The van der Waals surface area contributed by atoms with Crippen molar-refractivity contribution in [3.63, 3.8) is 0 Å². The highest BCUT2D eigenvalue weighted by Gasteiger charge is 2.16. The highest BCUT2D eigenvalue weighted by molar-refractivity contribution is 6.30. The Morgan fingerprint density at radius 1 is 1.20 bits per heavy atom. The Labute approximate surface area is 151 Å². The maximum atomic E-state index is 12.3. The Morgan fingerprint density at radius 2 is 2.00 bits per heavy atom. The quantitative estimate of drug-likeness (QED) is 0.727. The maximum absolute atomic E-state index is 12.3. The molecule has 5 nitrogen and oxygen atoms in total. The van der Waals surface area contributed by atoms with Gasteiger partial charge in [-0.05, 0) is 30.7 Å². The summed E-state index contributed by atoms with van der Waals surface area (Å²) in [5, 5.41) is 7.67. The van der Waals surface area contributed by atoms with E-state index in [1.54, 1.807) is 41.9 Å². The Hall–Kier alpha value is -2.79. The zero-order valence-electron chi connectivity index (χ0n) is 13.7. The van der Waals surface area contributed by atoms with Crippen LogP contribution in [0.25, 0.3) is 0 Å². The number of carbonyl (C=O) groups is 1. The fraction of sp³-hybridized carbons (Fsp3) is 0.158. The molecule has 0 aliphatic carbocycles. The molecule has 2 aromatic carbocycles. The average molecular weight is 356 g/mol. The molecule has 3 aromatic rings. The SMILES string of the molecule is CC(Oc1cccc(Cl)c1)C(=O)Nc1ccn(Cc2ccccc2)n1. The van der Waals surface area contributed by atoms with Gasteiger partial charge in [0.25, 0.3) is 5.91 Å². The van der Waals surface area contributed by atoms with Crippen molar-refractivity contribution in [1.82, 2.24) is 9.78 Å². The first kappa shape index (κ1) is 17.0. The summed E-state index contributed by atoms with van der Waals surface area (Å²) < 4.78 is 7.37. The standard InChI is InChI=1S/C19H18ClN3O2/c1-14(25-17-9-5-8-16(20)12-17)19(24)21-18-10-11-23(22-18)13-15-6-3-2-4-7-15/h2-12,14H,13H2,1H3,(H,21,22,24). The van der Waals surface area contributed by atoms with Gasteiger partial charge in [0.2, 0.25) is 0 Å². The molecule has 1 unspecified atom stereocenters. The molecule has 0 saturated carbocycles. The van der Waals surface area contributed by atoms with Crippen LogP contribution in [0.5, 0.6) is 5.75 Å². The van der Waals surface area contributed by atoms with Gasteiger partial charge in [0.1, 0.15) is 5.75 Å². The molecule has 25 heavy (non-hydrogen) atoms. The fourth-order valence-electron chi connectivity index (χ4n) is 2.31. The van der Waals surface area contributed by atoms with Crippen LogP contribution in [0.1, 0.15) is 12.5 Å². The van der Waals surface area contributed by atoms with E-state index in [4.69, 9.17) is 16.3 Å². The summed E-state index contributed by atoms with van der Waals surface area (Å²) in [5.41, 5.74) is 1.14. The van der Waals surface area contributed by atoms with Gasteiger partial charge in [-0.1, -0.05) is 48.0 Å². The molecule has 0 saturated heterocycles. The van der Waals surface area contributed by atoms with Crippen LogP contribution in [0.15, 0.2) is 66.9 Å². The topological polar surface area (TPSA) is 56.1 Å². The summed E-state index contributed by atoms with van der Waals surface area (Å²) >= 11 is 5.91. The molecule has 1 heterocycles. The summed E-state index contributed by atoms with van der Waals surface area (Å²) in [4.78, 5) is 12.3. The Morgan fingerprint density at radius 3 is 2.76 bits per heavy atom.